The Labute approximate surface area is 162 Å². The van der Waals surface area contributed by atoms with Crippen LogP contribution in [0.1, 0.15) is 25.1 Å². The van der Waals surface area contributed by atoms with Gasteiger partial charge in [0.25, 0.3) is 0 Å². The molecular formula is C17H31IN4S. The van der Waals surface area contributed by atoms with Crippen LogP contribution in [0, 0.1) is 11.8 Å². The first-order chi connectivity index (χ1) is 10.7. The molecule has 0 spiro atoms. The van der Waals surface area contributed by atoms with Gasteiger partial charge in [-0.15, -0.1) is 35.3 Å². The summed E-state index contributed by atoms with van der Waals surface area (Å²) in [6, 6.07) is 4.29. The van der Waals surface area contributed by atoms with Crippen molar-refractivity contribution in [3.8, 4) is 0 Å². The molecule has 0 radical (unpaired) electrons. The Balaban J connectivity index is 0.00000264. The number of hydrogen-bond acceptors (Lipinski definition) is 3. The normalized spacial score (nSPS) is 22.5. The first-order valence-electron chi connectivity index (χ1n) is 8.36. The molecule has 1 fully saturated rings. The summed E-state index contributed by atoms with van der Waals surface area (Å²) in [5.74, 6) is 2.56. The van der Waals surface area contributed by atoms with E-state index in [9.17, 15) is 0 Å². The quantitative estimate of drug-likeness (QED) is 0.398. The van der Waals surface area contributed by atoms with E-state index in [0.29, 0.717) is 0 Å². The third-order valence-electron chi connectivity index (χ3n) is 4.13. The van der Waals surface area contributed by atoms with Crippen LogP contribution in [-0.4, -0.2) is 50.6 Å². The maximum Gasteiger partial charge on any atom is 0.191 e. The van der Waals surface area contributed by atoms with E-state index in [0.717, 1.165) is 43.9 Å². The highest BCUT2D eigenvalue weighted by molar-refractivity contribution is 14.0. The number of aliphatic imine (C=N–C) groups is 1. The van der Waals surface area contributed by atoms with Crippen LogP contribution >= 0.6 is 35.3 Å². The van der Waals surface area contributed by atoms with Crippen LogP contribution in [-0.2, 0) is 6.42 Å². The molecule has 4 nitrogen and oxygen atoms in total. The van der Waals surface area contributed by atoms with Crippen molar-refractivity contribution < 1.29 is 0 Å². The fraction of sp³-hybridized carbons (Fsp3) is 0.706. The van der Waals surface area contributed by atoms with Crippen LogP contribution in [0.15, 0.2) is 22.5 Å². The van der Waals surface area contributed by atoms with Gasteiger partial charge in [0.1, 0.15) is 0 Å². The first kappa shape index (κ1) is 20.7. The Morgan fingerprint density at radius 3 is 2.57 bits per heavy atom. The van der Waals surface area contributed by atoms with E-state index in [1.54, 1.807) is 0 Å². The lowest BCUT2D eigenvalue weighted by Crippen LogP contribution is -2.45. The van der Waals surface area contributed by atoms with Crippen LogP contribution in [0.5, 0.6) is 0 Å². The third-order valence-corrected chi connectivity index (χ3v) is 5.07. The van der Waals surface area contributed by atoms with Crippen molar-refractivity contribution in [2.75, 3.05) is 39.8 Å². The number of thiophene rings is 1. The lowest BCUT2D eigenvalue weighted by molar-refractivity contribution is 0.143. The van der Waals surface area contributed by atoms with E-state index in [-0.39, 0.29) is 24.0 Å². The number of halogens is 1. The summed E-state index contributed by atoms with van der Waals surface area (Å²) in [4.78, 5) is 8.29. The van der Waals surface area contributed by atoms with Crippen molar-refractivity contribution in [1.82, 2.24) is 15.5 Å². The van der Waals surface area contributed by atoms with Gasteiger partial charge in [0.15, 0.2) is 5.96 Å². The first-order valence-corrected chi connectivity index (χ1v) is 9.24. The van der Waals surface area contributed by atoms with Gasteiger partial charge >= 0.3 is 0 Å². The largest absolute Gasteiger partial charge is 0.356 e. The molecule has 2 rings (SSSR count). The zero-order valence-electron chi connectivity index (χ0n) is 14.5. The third kappa shape index (κ3) is 7.85. The maximum atomic E-state index is 4.30. The Hall–Kier alpha value is -0.340. The summed E-state index contributed by atoms with van der Waals surface area (Å²) in [6.45, 7) is 10.2. The van der Waals surface area contributed by atoms with Gasteiger partial charge in [-0.1, -0.05) is 19.9 Å². The molecule has 1 aromatic heterocycles. The molecule has 1 saturated heterocycles. The number of guanidine groups is 1. The van der Waals surface area contributed by atoms with Crippen molar-refractivity contribution >= 4 is 41.3 Å². The van der Waals surface area contributed by atoms with Gasteiger partial charge in [-0.25, -0.2) is 0 Å². The van der Waals surface area contributed by atoms with Crippen LogP contribution in [0.4, 0.5) is 0 Å². The molecule has 2 atom stereocenters. The minimum Gasteiger partial charge on any atom is -0.356 e. The molecule has 2 N–H and O–H groups in total. The number of nitrogens with zero attached hydrogens (tertiary/aromatic N) is 2. The molecule has 0 aliphatic carbocycles. The second-order valence-electron chi connectivity index (χ2n) is 6.46. The zero-order chi connectivity index (χ0) is 15.8. The van der Waals surface area contributed by atoms with E-state index in [2.05, 4.69) is 51.9 Å². The van der Waals surface area contributed by atoms with Crippen molar-refractivity contribution in [2.45, 2.75) is 26.7 Å². The van der Waals surface area contributed by atoms with Gasteiger partial charge < -0.3 is 15.5 Å². The van der Waals surface area contributed by atoms with Crippen molar-refractivity contribution in [1.29, 1.82) is 0 Å². The Morgan fingerprint density at radius 1 is 1.26 bits per heavy atom. The smallest absolute Gasteiger partial charge is 0.191 e. The predicted octanol–water partition coefficient (Wildman–Crippen LogP) is 3.05. The Kier molecular flexibility index (Phi) is 10.1. The Bertz CT molecular complexity index is 439. The molecule has 0 aromatic carbocycles. The van der Waals surface area contributed by atoms with Gasteiger partial charge in [0.05, 0.1) is 0 Å². The molecular weight excluding hydrogens is 419 g/mol. The van der Waals surface area contributed by atoms with Crippen LogP contribution in [0.3, 0.4) is 0 Å². The molecule has 0 amide bonds. The molecule has 6 heteroatoms. The monoisotopic (exact) mass is 450 g/mol. The van der Waals surface area contributed by atoms with E-state index in [4.69, 9.17) is 0 Å². The lowest BCUT2D eigenvalue weighted by Gasteiger charge is -2.35. The van der Waals surface area contributed by atoms with Crippen molar-refractivity contribution in [3.63, 3.8) is 0 Å². The van der Waals surface area contributed by atoms with E-state index < -0.39 is 0 Å². The van der Waals surface area contributed by atoms with Crippen LogP contribution < -0.4 is 10.6 Å². The second-order valence-corrected chi connectivity index (χ2v) is 7.49. The number of piperidine rings is 1. The molecule has 0 saturated carbocycles. The molecule has 2 unspecified atom stereocenters. The standard InChI is InChI=1S/C17H30N4S.HI/c1-14-11-15(2)13-21(12-14)9-8-20-17(18-3)19-7-6-16-5-4-10-22-16;/h4-5,10,14-15H,6-9,11-13H2,1-3H3,(H2,18,19,20);1H. The molecule has 132 valence electrons. The minimum absolute atomic E-state index is 0. The van der Waals surface area contributed by atoms with Crippen molar-refractivity contribution in [3.05, 3.63) is 22.4 Å². The SMILES string of the molecule is CN=C(NCCc1cccs1)NCCN1CC(C)CC(C)C1.I. The minimum atomic E-state index is 0. The van der Waals surface area contributed by atoms with Gasteiger partial charge in [-0.2, -0.15) is 0 Å². The van der Waals surface area contributed by atoms with Gasteiger partial charge in [-0.05, 0) is 36.1 Å². The zero-order valence-corrected chi connectivity index (χ0v) is 17.7. The van der Waals surface area contributed by atoms with Gasteiger partial charge in [-0.3, -0.25) is 4.99 Å². The summed E-state index contributed by atoms with van der Waals surface area (Å²) in [7, 11) is 1.84. The highest BCUT2D eigenvalue weighted by atomic mass is 127. The second kappa shape index (κ2) is 11.3. The molecule has 2 heterocycles. The number of nitrogens with one attached hydrogen (secondary N) is 2. The molecule has 23 heavy (non-hydrogen) atoms. The van der Waals surface area contributed by atoms with Crippen molar-refractivity contribution in [2.24, 2.45) is 16.8 Å². The van der Waals surface area contributed by atoms with Crippen LogP contribution in [0.25, 0.3) is 0 Å². The molecule has 1 aliphatic heterocycles. The number of rotatable bonds is 6. The van der Waals surface area contributed by atoms with Gasteiger partial charge in [0, 0.05) is 44.6 Å². The lowest BCUT2D eigenvalue weighted by atomic mass is 9.92. The molecule has 0 bridgehead atoms. The molecule has 1 aliphatic rings. The van der Waals surface area contributed by atoms with E-state index in [1.807, 2.05) is 18.4 Å². The highest BCUT2D eigenvalue weighted by Crippen LogP contribution is 2.20. The number of likely N-dealkylation sites (tertiary alicyclic amines) is 1. The maximum absolute atomic E-state index is 4.30. The summed E-state index contributed by atoms with van der Waals surface area (Å²) >= 11 is 1.81. The number of hydrogen-bond donors (Lipinski definition) is 2. The average molecular weight is 450 g/mol. The summed E-state index contributed by atoms with van der Waals surface area (Å²) < 4.78 is 0. The highest BCUT2D eigenvalue weighted by Gasteiger charge is 2.21. The summed E-state index contributed by atoms with van der Waals surface area (Å²) in [5.41, 5.74) is 0. The average Bonchev–Trinajstić information content (AvgIpc) is 2.98. The van der Waals surface area contributed by atoms with E-state index in [1.165, 1.54) is 24.4 Å². The summed E-state index contributed by atoms with van der Waals surface area (Å²) in [6.07, 6.45) is 2.43. The summed E-state index contributed by atoms with van der Waals surface area (Å²) in [5, 5.41) is 8.95. The fourth-order valence-corrected chi connectivity index (χ4v) is 4.00. The van der Waals surface area contributed by atoms with Gasteiger partial charge in [0.2, 0.25) is 0 Å². The molecule has 1 aromatic rings. The van der Waals surface area contributed by atoms with Crippen LogP contribution in [0.2, 0.25) is 0 Å². The van der Waals surface area contributed by atoms with E-state index >= 15 is 0 Å². The Morgan fingerprint density at radius 2 is 1.96 bits per heavy atom. The topological polar surface area (TPSA) is 39.7 Å². The fourth-order valence-electron chi connectivity index (χ4n) is 3.29. The predicted molar refractivity (Wildman–Crippen MR) is 112 cm³/mol.